The van der Waals surface area contributed by atoms with Crippen LogP contribution in [-0.2, 0) is 4.74 Å². The molecule has 1 aromatic rings. The highest BCUT2D eigenvalue weighted by atomic mass is 19.1. The van der Waals surface area contributed by atoms with Gasteiger partial charge in [-0.2, -0.15) is 0 Å². The van der Waals surface area contributed by atoms with Crippen molar-refractivity contribution in [3.8, 4) is 0 Å². The average molecular weight is 283 g/mol. The molecule has 0 aromatic heterocycles. The lowest BCUT2D eigenvalue weighted by atomic mass is 10.0. The lowest BCUT2D eigenvalue weighted by Gasteiger charge is -2.22. The molecule has 1 aliphatic heterocycles. The van der Waals surface area contributed by atoms with Crippen LogP contribution in [0.5, 0.6) is 0 Å². The van der Waals surface area contributed by atoms with E-state index in [2.05, 4.69) is 5.32 Å². The number of aryl methyl sites for hydroxylation is 1. The normalized spacial score (nSPS) is 16.4. The maximum absolute atomic E-state index is 13.8. The van der Waals surface area contributed by atoms with Crippen LogP contribution in [0.1, 0.15) is 35.2 Å². The fourth-order valence-corrected chi connectivity index (χ4v) is 2.32. The number of rotatable bonds is 5. The molecule has 0 saturated carbocycles. The van der Waals surface area contributed by atoms with E-state index >= 15 is 0 Å². The van der Waals surface area contributed by atoms with Gasteiger partial charge in [0.15, 0.2) is 5.78 Å². The van der Waals surface area contributed by atoms with Gasteiger partial charge < -0.3 is 10.1 Å². The lowest BCUT2D eigenvalue weighted by molar-refractivity contribution is 0.0312. The van der Waals surface area contributed by atoms with Gasteiger partial charge in [0, 0.05) is 6.42 Å². The molecule has 0 aliphatic carbocycles. The van der Waals surface area contributed by atoms with Crippen molar-refractivity contribution < 1.29 is 18.3 Å². The van der Waals surface area contributed by atoms with Crippen molar-refractivity contribution in [1.29, 1.82) is 0 Å². The number of hydrogen-bond donors (Lipinski definition) is 1. The van der Waals surface area contributed by atoms with Crippen LogP contribution in [0.3, 0.4) is 0 Å². The highest BCUT2D eigenvalue weighted by Crippen LogP contribution is 2.18. The van der Waals surface area contributed by atoms with Crippen LogP contribution < -0.4 is 5.32 Å². The van der Waals surface area contributed by atoms with E-state index in [1.807, 2.05) is 0 Å². The van der Waals surface area contributed by atoms with E-state index < -0.39 is 23.0 Å². The molecule has 0 amide bonds. The molecule has 0 radical (unpaired) electrons. The van der Waals surface area contributed by atoms with Gasteiger partial charge in [0.25, 0.3) is 0 Å². The van der Waals surface area contributed by atoms with Crippen LogP contribution >= 0.6 is 0 Å². The lowest BCUT2D eigenvalue weighted by Crippen LogP contribution is -2.32. The Bertz CT molecular complexity index is 485. The van der Waals surface area contributed by atoms with Gasteiger partial charge in [-0.3, -0.25) is 4.79 Å². The summed E-state index contributed by atoms with van der Waals surface area (Å²) in [6.07, 6.45) is 1.94. The molecule has 1 N–H and O–H groups in total. The van der Waals surface area contributed by atoms with Crippen LogP contribution in [0, 0.1) is 18.6 Å². The number of halogens is 2. The molecule has 1 aromatic carbocycles. The highest BCUT2D eigenvalue weighted by Gasteiger charge is 2.20. The van der Waals surface area contributed by atoms with E-state index in [0.29, 0.717) is 0 Å². The van der Waals surface area contributed by atoms with Crippen molar-refractivity contribution in [1.82, 2.24) is 5.32 Å². The number of benzene rings is 1. The minimum Gasteiger partial charge on any atom is -0.378 e. The molecule has 1 heterocycles. The van der Waals surface area contributed by atoms with Gasteiger partial charge in [0.05, 0.1) is 18.3 Å². The van der Waals surface area contributed by atoms with Crippen LogP contribution in [0.15, 0.2) is 12.1 Å². The molecule has 5 heteroatoms. The van der Waals surface area contributed by atoms with Crippen molar-refractivity contribution in [2.45, 2.75) is 32.3 Å². The standard InChI is InChI=1S/C15H19F2NO2/c1-10-2-3-12(16)14(15(10)17)13(19)6-9-20-11-4-7-18-8-5-11/h2-3,11,18H,4-9H2,1H3. The molecule has 0 bridgehead atoms. The minimum atomic E-state index is -0.806. The minimum absolute atomic E-state index is 0.00121. The Labute approximate surface area is 117 Å². The molecule has 0 spiro atoms. The molecule has 1 saturated heterocycles. The monoisotopic (exact) mass is 283 g/mol. The predicted molar refractivity (Wildman–Crippen MR) is 71.9 cm³/mol. The van der Waals surface area contributed by atoms with E-state index in [0.717, 1.165) is 32.0 Å². The number of nitrogens with one attached hydrogen (secondary N) is 1. The van der Waals surface area contributed by atoms with Crippen LogP contribution in [0.4, 0.5) is 8.78 Å². The number of carbonyl (C=O) groups excluding carboxylic acids is 1. The molecule has 110 valence electrons. The quantitative estimate of drug-likeness (QED) is 0.844. The Morgan fingerprint density at radius 1 is 1.35 bits per heavy atom. The zero-order chi connectivity index (χ0) is 14.5. The SMILES string of the molecule is Cc1ccc(F)c(C(=O)CCOC2CCNCC2)c1F. The summed E-state index contributed by atoms with van der Waals surface area (Å²) in [4.78, 5) is 11.9. The number of Topliss-reactive ketones (excluding diaryl/α,β-unsaturated/α-hetero) is 1. The van der Waals surface area contributed by atoms with Gasteiger partial charge >= 0.3 is 0 Å². The van der Waals surface area contributed by atoms with Crippen LogP contribution in [0.2, 0.25) is 0 Å². The summed E-state index contributed by atoms with van der Waals surface area (Å²) in [6, 6.07) is 2.45. The molecule has 0 atom stereocenters. The summed E-state index contributed by atoms with van der Waals surface area (Å²) in [5.74, 6) is -2.12. The molecule has 2 rings (SSSR count). The first kappa shape index (κ1) is 15.1. The third kappa shape index (κ3) is 3.61. The summed E-state index contributed by atoms with van der Waals surface area (Å²) in [7, 11) is 0. The number of piperidine rings is 1. The van der Waals surface area contributed by atoms with E-state index in [1.165, 1.54) is 13.0 Å². The number of carbonyl (C=O) groups is 1. The smallest absolute Gasteiger partial charge is 0.171 e. The summed E-state index contributed by atoms with van der Waals surface area (Å²) in [6.45, 7) is 3.52. The van der Waals surface area contributed by atoms with Crippen LogP contribution in [-0.4, -0.2) is 31.6 Å². The highest BCUT2D eigenvalue weighted by molar-refractivity contribution is 5.96. The molecule has 1 fully saturated rings. The predicted octanol–water partition coefficient (Wildman–Crippen LogP) is 2.61. The molecule has 20 heavy (non-hydrogen) atoms. The fraction of sp³-hybridized carbons (Fsp3) is 0.533. The molecular formula is C15H19F2NO2. The van der Waals surface area contributed by atoms with Gasteiger partial charge in [0.1, 0.15) is 11.6 Å². The van der Waals surface area contributed by atoms with E-state index in [-0.39, 0.29) is 24.7 Å². The Hall–Kier alpha value is -1.33. The summed E-state index contributed by atoms with van der Waals surface area (Å²) >= 11 is 0. The average Bonchev–Trinajstić information content (AvgIpc) is 2.44. The van der Waals surface area contributed by atoms with E-state index in [1.54, 1.807) is 0 Å². The summed E-state index contributed by atoms with van der Waals surface area (Å²) < 4.78 is 32.9. The fourth-order valence-electron chi connectivity index (χ4n) is 2.32. The van der Waals surface area contributed by atoms with Gasteiger partial charge in [-0.1, -0.05) is 6.07 Å². The van der Waals surface area contributed by atoms with E-state index in [9.17, 15) is 13.6 Å². The van der Waals surface area contributed by atoms with Crippen molar-refractivity contribution in [3.05, 3.63) is 34.9 Å². The second kappa shape index (κ2) is 6.90. The first-order valence-electron chi connectivity index (χ1n) is 6.89. The Morgan fingerprint density at radius 2 is 2.05 bits per heavy atom. The van der Waals surface area contributed by atoms with Crippen molar-refractivity contribution in [2.75, 3.05) is 19.7 Å². The van der Waals surface area contributed by atoms with Gasteiger partial charge in [0.2, 0.25) is 0 Å². The Morgan fingerprint density at radius 3 is 2.75 bits per heavy atom. The first-order valence-corrected chi connectivity index (χ1v) is 6.89. The van der Waals surface area contributed by atoms with Gasteiger partial charge in [-0.15, -0.1) is 0 Å². The Kier molecular flexibility index (Phi) is 5.20. The summed E-state index contributed by atoms with van der Waals surface area (Å²) in [5, 5.41) is 3.21. The second-order valence-corrected chi connectivity index (χ2v) is 5.05. The third-order valence-corrected chi connectivity index (χ3v) is 3.53. The number of hydrogen-bond acceptors (Lipinski definition) is 3. The molecule has 3 nitrogen and oxygen atoms in total. The van der Waals surface area contributed by atoms with Gasteiger partial charge in [-0.05, 0) is 44.5 Å². The Balaban J connectivity index is 1.90. The summed E-state index contributed by atoms with van der Waals surface area (Å²) in [5.41, 5.74) is -0.173. The van der Waals surface area contributed by atoms with Crippen molar-refractivity contribution >= 4 is 5.78 Å². The largest absolute Gasteiger partial charge is 0.378 e. The van der Waals surface area contributed by atoms with Gasteiger partial charge in [-0.25, -0.2) is 8.78 Å². The molecule has 1 aliphatic rings. The second-order valence-electron chi connectivity index (χ2n) is 5.05. The topological polar surface area (TPSA) is 38.3 Å². The van der Waals surface area contributed by atoms with Crippen molar-refractivity contribution in [2.24, 2.45) is 0 Å². The number of ketones is 1. The zero-order valence-electron chi connectivity index (χ0n) is 11.5. The molecular weight excluding hydrogens is 264 g/mol. The van der Waals surface area contributed by atoms with E-state index in [4.69, 9.17) is 4.74 Å². The first-order chi connectivity index (χ1) is 9.59. The molecule has 0 unspecified atom stereocenters. The third-order valence-electron chi connectivity index (χ3n) is 3.53. The maximum atomic E-state index is 13.8. The zero-order valence-corrected chi connectivity index (χ0v) is 11.5. The van der Waals surface area contributed by atoms with Crippen LogP contribution in [0.25, 0.3) is 0 Å². The number of ether oxygens (including phenoxy) is 1. The van der Waals surface area contributed by atoms with Crippen molar-refractivity contribution in [3.63, 3.8) is 0 Å². The maximum Gasteiger partial charge on any atom is 0.171 e.